The Hall–Kier alpha value is -4.02. The Bertz CT molecular complexity index is 1500. The summed E-state index contributed by atoms with van der Waals surface area (Å²) in [6.07, 6.45) is 2.35. The number of para-hydroxylation sites is 1. The number of thioether (sulfide) groups is 1. The number of hydrogen-bond acceptors (Lipinski definition) is 7. The second-order valence-corrected chi connectivity index (χ2v) is 10.3. The minimum atomic E-state index is -0.266. The topological polar surface area (TPSA) is 81.9 Å². The third kappa shape index (κ3) is 6.27. The molecule has 0 unspecified atom stereocenters. The zero-order valence-corrected chi connectivity index (χ0v) is 22.1. The number of halogens is 1. The van der Waals surface area contributed by atoms with E-state index in [-0.39, 0.29) is 17.5 Å². The van der Waals surface area contributed by atoms with Crippen molar-refractivity contribution in [2.45, 2.75) is 18.5 Å². The molecule has 0 saturated carbocycles. The molecular formula is C28H24FN5O2S2. The van der Waals surface area contributed by atoms with Gasteiger partial charge in [-0.25, -0.2) is 9.37 Å². The Morgan fingerprint density at radius 1 is 1.03 bits per heavy atom. The van der Waals surface area contributed by atoms with Crippen molar-refractivity contribution in [1.29, 1.82) is 0 Å². The highest BCUT2D eigenvalue weighted by molar-refractivity contribution is 7.99. The smallest absolute Gasteiger partial charge is 0.236 e. The van der Waals surface area contributed by atoms with E-state index in [0.29, 0.717) is 29.1 Å². The van der Waals surface area contributed by atoms with E-state index < -0.39 is 0 Å². The Balaban J connectivity index is 1.28. The number of nitrogens with one attached hydrogen (secondary N) is 1. The van der Waals surface area contributed by atoms with Gasteiger partial charge in [-0.05, 0) is 61.0 Å². The van der Waals surface area contributed by atoms with Crippen molar-refractivity contribution in [3.8, 4) is 22.8 Å². The van der Waals surface area contributed by atoms with Crippen molar-refractivity contribution in [3.63, 3.8) is 0 Å². The number of benzene rings is 3. The van der Waals surface area contributed by atoms with Gasteiger partial charge in [-0.1, -0.05) is 42.1 Å². The van der Waals surface area contributed by atoms with Gasteiger partial charge in [-0.15, -0.1) is 21.5 Å². The number of nitrogens with zero attached hydrogens (tertiary/aromatic N) is 4. The Morgan fingerprint density at radius 2 is 1.79 bits per heavy atom. The molecule has 7 nitrogen and oxygen atoms in total. The minimum Gasteiger partial charge on any atom is -0.494 e. The lowest BCUT2D eigenvalue weighted by Gasteiger charge is -2.11. The molecule has 0 radical (unpaired) electrons. The minimum absolute atomic E-state index is 0.140. The molecule has 5 rings (SSSR count). The first kappa shape index (κ1) is 25.6. The second kappa shape index (κ2) is 12.0. The lowest BCUT2D eigenvalue weighted by molar-refractivity contribution is -0.113. The molecule has 0 aliphatic carbocycles. The van der Waals surface area contributed by atoms with Crippen molar-refractivity contribution >= 4 is 34.1 Å². The molecule has 5 aromatic rings. The Labute approximate surface area is 227 Å². The molecular weight excluding hydrogens is 521 g/mol. The number of carbonyl (C=O) groups is 1. The molecule has 10 heteroatoms. The molecule has 0 atom stereocenters. The predicted octanol–water partition coefficient (Wildman–Crippen LogP) is 6.25. The average Bonchev–Trinajstić information content (AvgIpc) is 3.57. The van der Waals surface area contributed by atoms with Crippen molar-refractivity contribution < 1.29 is 13.9 Å². The fourth-order valence-corrected chi connectivity index (χ4v) is 5.38. The summed E-state index contributed by atoms with van der Waals surface area (Å²) in [5, 5.41) is 12.8. The van der Waals surface area contributed by atoms with Crippen LogP contribution in [0.2, 0.25) is 0 Å². The summed E-state index contributed by atoms with van der Waals surface area (Å²) in [6.45, 7) is 2.54. The maximum absolute atomic E-state index is 13.1. The maximum atomic E-state index is 13.1. The van der Waals surface area contributed by atoms with Gasteiger partial charge in [0.2, 0.25) is 5.91 Å². The molecule has 3 aromatic carbocycles. The van der Waals surface area contributed by atoms with Crippen LogP contribution in [-0.4, -0.2) is 38.0 Å². The lowest BCUT2D eigenvalue weighted by Crippen LogP contribution is -2.14. The molecule has 1 N–H and O–H groups in total. The first-order chi connectivity index (χ1) is 18.6. The molecule has 0 fully saturated rings. The van der Waals surface area contributed by atoms with Crippen LogP contribution in [-0.2, 0) is 11.2 Å². The van der Waals surface area contributed by atoms with Crippen LogP contribution in [0.3, 0.4) is 0 Å². The van der Waals surface area contributed by atoms with Gasteiger partial charge in [0.1, 0.15) is 11.6 Å². The molecule has 38 heavy (non-hydrogen) atoms. The molecule has 0 saturated heterocycles. The number of rotatable bonds is 10. The van der Waals surface area contributed by atoms with Gasteiger partial charge in [-0.2, -0.15) is 0 Å². The summed E-state index contributed by atoms with van der Waals surface area (Å²) in [5.41, 5.74) is 2.76. The molecule has 2 heterocycles. The summed E-state index contributed by atoms with van der Waals surface area (Å²) in [7, 11) is 0. The van der Waals surface area contributed by atoms with Crippen LogP contribution < -0.4 is 10.1 Å². The van der Waals surface area contributed by atoms with Gasteiger partial charge in [0.05, 0.1) is 12.4 Å². The van der Waals surface area contributed by atoms with E-state index >= 15 is 0 Å². The molecule has 192 valence electrons. The standard InChI is InChI=1S/C28H24FN5O2S2/c1-2-36-23-14-10-20(11-15-23)26-32-33-28(34(26)22-6-4-3-5-7-22)37-18-25(35)31-27-30-17-24(38-27)16-19-8-12-21(29)13-9-19/h3-15,17H,2,16,18H2,1H3,(H,30,31,35). The monoisotopic (exact) mass is 545 g/mol. The SMILES string of the molecule is CCOc1ccc(-c2nnc(SCC(=O)Nc3ncc(Cc4ccc(F)cc4)s3)n2-c2ccccc2)cc1. The van der Waals surface area contributed by atoms with E-state index in [0.717, 1.165) is 27.4 Å². The molecule has 0 aliphatic rings. The van der Waals surface area contributed by atoms with Crippen LogP contribution >= 0.6 is 23.1 Å². The third-order valence-corrected chi connectivity index (χ3v) is 7.34. The normalized spacial score (nSPS) is 10.9. The van der Waals surface area contributed by atoms with E-state index in [4.69, 9.17) is 4.74 Å². The summed E-state index contributed by atoms with van der Waals surface area (Å²) < 4.78 is 20.6. The number of thiazole rings is 1. The Kier molecular flexibility index (Phi) is 8.10. The van der Waals surface area contributed by atoms with Crippen LogP contribution in [0.25, 0.3) is 17.1 Å². The summed E-state index contributed by atoms with van der Waals surface area (Å²) in [5.74, 6) is 1.14. The van der Waals surface area contributed by atoms with Crippen LogP contribution in [0.5, 0.6) is 5.75 Å². The molecule has 2 aromatic heterocycles. The van der Waals surface area contributed by atoms with E-state index in [9.17, 15) is 9.18 Å². The Morgan fingerprint density at radius 3 is 2.53 bits per heavy atom. The van der Waals surface area contributed by atoms with Crippen molar-refractivity contribution in [1.82, 2.24) is 19.7 Å². The van der Waals surface area contributed by atoms with Crippen LogP contribution in [0.15, 0.2) is 90.2 Å². The van der Waals surface area contributed by atoms with Gasteiger partial charge in [0, 0.05) is 28.7 Å². The maximum Gasteiger partial charge on any atom is 0.236 e. The highest BCUT2D eigenvalue weighted by atomic mass is 32.2. The highest BCUT2D eigenvalue weighted by Gasteiger charge is 2.18. The summed E-state index contributed by atoms with van der Waals surface area (Å²) in [6, 6.07) is 23.9. The third-order valence-electron chi connectivity index (χ3n) is 5.50. The van der Waals surface area contributed by atoms with Gasteiger partial charge in [0.25, 0.3) is 0 Å². The quantitative estimate of drug-likeness (QED) is 0.209. The van der Waals surface area contributed by atoms with Crippen molar-refractivity contribution in [3.05, 3.63) is 101 Å². The second-order valence-electron chi connectivity index (χ2n) is 8.21. The van der Waals surface area contributed by atoms with Gasteiger partial charge in [-0.3, -0.25) is 9.36 Å². The summed E-state index contributed by atoms with van der Waals surface area (Å²) in [4.78, 5) is 18.0. The fourth-order valence-electron chi connectivity index (χ4n) is 3.76. The summed E-state index contributed by atoms with van der Waals surface area (Å²) >= 11 is 2.70. The van der Waals surface area contributed by atoms with E-state index in [1.165, 1.54) is 35.2 Å². The number of anilines is 1. The first-order valence-electron chi connectivity index (χ1n) is 11.9. The predicted molar refractivity (Wildman–Crippen MR) is 149 cm³/mol. The van der Waals surface area contributed by atoms with Crippen LogP contribution in [0.1, 0.15) is 17.4 Å². The van der Waals surface area contributed by atoms with E-state index in [1.807, 2.05) is 66.1 Å². The fraction of sp³-hybridized carbons (Fsp3) is 0.143. The van der Waals surface area contributed by atoms with Gasteiger partial charge >= 0.3 is 0 Å². The number of carbonyl (C=O) groups excluding carboxylic acids is 1. The zero-order chi connectivity index (χ0) is 26.3. The van der Waals surface area contributed by atoms with Gasteiger partial charge < -0.3 is 10.1 Å². The lowest BCUT2D eigenvalue weighted by atomic mass is 10.1. The van der Waals surface area contributed by atoms with Crippen molar-refractivity contribution in [2.24, 2.45) is 0 Å². The number of amides is 1. The zero-order valence-electron chi connectivity index (χ0n) is 20.5. The molecule has 0 bridgehead atoms. The number of ether oxygens (including phenoxy) is 1. The number of hydrogen-bond donors (Lipinski definition) is 1. The average molecular weight is 546 g/mol. The highest BCUT2D eigenvalue weighted by Crippen LogP contribution is 2.29. The molecule has 1 amide bonds. The number of aromatic nitrogens is 4. The van der Waals surface area contributed by atoms with Crippen molar-refractivity contribution in [2.75, 3.05) is 17.7 Å². The van der Waals surface area contributed by atoms with Gasteiger partial charge in [0.15, 0.2) is 16.1 Å². The van der Waals surface area contributed by atoms with Crippen LogP contribution in [0, 0.1) is 5.82 Å². The van der Waals surface area contributed by atoms with E-state index in [2.05, 4.69) is 20.5 Å². The first-order valence-corrected chi connectivity index (χ1v) is 13.7. The molecule has 0 spiro atoms. The molecule has 0 aliphatic heterocycles. The van der Waals surface area contributed by atoms with E-state index in [1.54, 1.807) is 18.3 Å². The largest absolute Gasteiger partial charge is 0.494 e. The van der Waals surface area contributed by atoms with Crippen LogP contribution in [0.4, 0.5) is 9.52 Å².